The molecule has 0 aliphatic heterocycles. The summed E-state index contributed by atoms with van der Waals surface area (Å²) >= 11 is 3.53. The molecule has 0 bridgehead atoms. The Hall–Kier alpha value is -0.970. The van der Waals surface area contributed by atoms with E-state index in [4.69, 9.17) is 0 Å². The van der Waals surface area contributed by atoms with Crippen molar-refractivity contribution in [2.75, 3.05) is 5.33 Å². The van der Waals surface area contributed by atoms with E-state index in [0.717, 1.165) is 29.6 Å². The van der Waals surface area contributed by atoms with Crippen LogP contribution in [0.15, 0.2) is 6.07 Å². The maximum absolute atomic E-state index is 12.4. The highest BCUT2D eigenvalue weighted by molar-refractivity contribution is 9.09. The third-order valence-corrected chi connectivity index (χ3v) is 4.58. The monoisotopic (exact) mass is 325 g/mol. The Morgan fingerprint density at radius 3 is 2.95 bits per heavy atom. The quantitative estimate of drug-likeness (QED) is 0.866. The molecule has 1 N–H and O–H groups in total. The lowest BCUT2D eigenvalue weighted by Gasteiger charge is -2.19. The molecule has 1 fully saturated rings. The fraction of sp³-hybridized carbons (Fsp3) is 0.643. The SMILES string of the molecule is CCc1nnc(C)cc1C(=O)NC1CCCC1CBr. The van der Waals surface area contributed by atoms with Crippen LogP contribution in [0, 0.1) is 12.8 Å². The van der Waals surface area contributed by atoms with Crippen molar-refractivity contribution in [3.63, 3.8) is 0 Å². The fourth-order valence-corrected chi connectivity index (χ4v) is 3.40. The van der Waals surface area contributed by atoms with Crippen LogP contribution in [-0.2, 0) is 6.42 Å². The summed E-state index contributed by atoms with van der Waals surface area (Å²) in [6.45, 7) is 3.85. The van der Waals surface area contributed by atoms with Crippen LogP contribution in [0.4, 0.5) is 0 Å². The molecule has 1 aromatic heterocycles. The van der Waals surface area contributed by atoms with E-state index in [9.17, 15) is 4.79 Å². The molecule has 2 atom stereocenters. The normalized spacial score (nSPS) is 22.5. The maximum atomic E-state index is 12.4. The minimum atomic E-state index is -0.00676. The number of aromatic nitrogens is 2. The Bertz CT molecular complexity index is 464. The number of carbonyl (C=O) groups is 1. The lowest BCUT2D eigenvalue weighted by atomic mass is 10.0. The zero-order valence-corrected chi connectivity index (χ0v) is 13.0. The molecule has 1 aliphatic carbocycles. The van der Waals surface area contributed by atoms with Gasteiger partial charge in [0.1, 0.15) is 0 Å². The highest BCUT2D eigenvalue weighted by atomic mass is 79.9. The van der Waals surface area contributed by atoms with E-state index in [0.29, 0.717) is 11.5 Å². The topological polar surface area (TPSA) is 54.9 Å². The highest BCUT2D eigenvalue weighted by Gasteiger charge is 2.28. The number of nitrogens with zero attached hydrogens (tertiary/aromatic N) is 2. The molecule has 0 saturated heterocycles. The second-order valence-electron chi connectivity index (χ2n) is 5.12. The van der Waals surface area contributed by atoms with E-state index in [1.54, 1.807) is 0 Å². The summed E-state index contributed by atoms with van der Waals surface area (Å²) in [5.41, 5.74) is 2.23. The van der Waals surface area contributed by atoms with Crippen molar-refractivity contribution in [2.24, 2.45) is 5.92 Å². The van der Waals surface area contributed by atoms with Gasteiger partial charge in [-0.05, 0) is 38.2 Å². The van der Waals surface area contributed by atoms with E-state index in [1.807, 2.05) is 19.9 Å². The van der Waals surface area contributed by atoms with Crippen LogP contribution in [0.25, 0.3) is 0 Å². The van der Waals surface area contributed by atoms with Crippen LogP contribution in [0.2, 0.25) is 0 Å². The first-order chi connectivity index (χ1) is 9.15. The van der Waals surface area contributed by atoms with E-state index >= 15 is 0 Å². The Morgan fingerprint density at radius 2 is 2.26 bits per heavy atom. The summed E-state index contributed by atoms with van der Waals surface area (Å²) < 4.78 is 0. The molecule has 1 amide bonds. The molecule has 4 nitrogen and oxygen atoms in total. The predicted octanol–water partition coefficient (Wildman–Crippen LogP) is 2.64. The minimum Gasteiger partial charge on any atom is -0.349 e. The molecular weight excluding hydrogens is 306 g/mol. The number of amides is 1. The van der Waals surface area contributed by atoms with E-state index in [-0.39, 0.29) is 11.9 Å². The van der Waals surface area contributed by atoms with Crippen molar-refractivity contribution < 1.29 is 4.79 Å². The van der Waals surface area contributed by atoms with Gasteiger partial charge in [0, 0.05) is 11.4 Å². The van der Waals surface area contributed by atoms with Gasteiger partial charge < -0.3 is 5.32 Å². The molecular formula is C14H20BrN3O. The first kappa shape index (κ1) is 14.4. The molecule has 0 spiro atoms. The number of halogens is 1. The predicted molar refractivity (Wildman–Crippen MR) is 78.5 cm³/mol. The summed E-state index contributed by atoms with van der Waals surface area (Å²) in [4.78, 5) is 12.4. The fourth-order valence-electron chi connectivity index (χ4n) is 2.63. The van der Waals surface area contributed by atoms with E-state index in [1.165, 1.54) is 12.8 Å². The maximum Gasteiger partial charge on any atom is 0.253 e. The Labute approximate surface area is 122 Å². The average Bonchev–Trinajstić information content (AvgIpc) is 2.85. The number of rotatable bonds is 4. The zero-order chi connectivity index (χ0) is 13.8. The molecule has 1 aliphatic rings. The second kappa shape index (κ2) is 6.46. The van der Waals surface area contributed by atoms with Crippen molar-refractivity contribution in [1.82, 2.24) is 15.5 Å². The lowest BCUT2D eigenvalue weighted by Crippen LogP contribution is -2.38. The molecule has 1 saturated carbocycles. The van der Waals surface area contributed by atoms with Gasteiger partial charge >= 0.3 is 0 Å². The van der Waals surface area contributed by atoms with Gasteiger partial charge in [-0.15, -0.1) is 0 Å². The van der Waals surface area contributed by atoms with Crippen LogP contribution < -0.4 is 5.32 Å². The van der Waals surface area contributed by atoms with Gasteiger partial charge in [0.2, 0.25) is 0 Å². The van der Waals surface area contributed by atoms with Crippen LogP contribution in [0.1, 0.15) is 47.9 Å². The summed E-state index contributed by atoms with van der Waals surface area (Å²) in [6.07, 6.45) is 4.17. The molecule has 2 unspecified atom stereocenters. The number of hydrogen-bond donors (Lipinski definition) is 1. The van der Waals surface area contributed by atoms with Crippen molar-refractivity contribution in [3.8, 4) is 0 Å². The largest absolute Gasteiger partial charge is 0.349 e. The number of alkyl halides is 1. The Balaban J connectivity index is 2.13. The van der Waals surface area contributed by atoms with Gasteiger partial charge in [-0.1, -0.05) is 29.3 Å². The van der Waals surface area contributed by atoms with Crippen LogP contribution in [0.5, 0.6) is 0 Å². The van der Waals surface area contributed by atoms with Crippen molar-refractivity contribution in [2.45, 2.75) is 45.6 Å². The van der Waals surface area contributed by atoms with Gasteiger partial charge in [0.25, 0.3) is 5.91 Å². The lowest BCUT2D eigenvalue weighted by molar-refractivity contribution is 0.0928. The molecule has 1 heterocycles. The van der Waals surface area contributed by atoms with E-state index in [2.05, 4.69) is 31.4 Å². The van der Waals surface area contributed by atoms with Crippen molar-refractivity contribution >= 4 is 21.8 Å². The minimum absolute atomic E-state index is 0.00676. The molecule has 0 aromatic carbocycles. The number of hydrogen-bond acceptors (Lipinski definition) is 3. The van der Waals surface area contributed by atoms with E-state index < -0.39 is 0 Å². The smallest absolute Gasteiger partial charge is 0.253 e. The number of nitrogens with one attached hydrogen (secondary N) is 1. The molecule has 5 heteroatoms. The Kier molecular flexibility index (Phi) is 4.91. The van der Waals surface area contributed by atoms with Crippen molar-refractivity contribution in [1.29, 1.82) is 0 Å². The third-order valence-electron chi connectivity index (χ3n) is 3.75. The van der Waals surface area contributed by atoms with Gasteiger partial charge in [-0.25, -0.2) is 0 Å². The summed E-state index contributed by atoms with van der Waals surface area (Å²) in [6, 6.07) is 2.12. The molecule has 0 radical (unpaired) electrons. The molecule has 2 rings (SSSR count). The molecule has 19 heavy (non-hydrogen) atoms. The molecule has 104 valence electrons. The number of carbonyl (C=O) groups excluding carboxylic acids is 1. The summed E-state index contributed by atoms with van der Waals surface area (Å²) in [7, 11) is 0. The Morgan fingerprint density at radius 1 is 1.47 bits per heavy atom. The van der Waals surface area contributed by atoms with Gasteiger partial charge in [-0.2, -0.15) is 10.2 Å². The standard InChI is InChI=1S/C14H20BrN3O/c1-3-12-11(7-9(2)17-18-12)14(19)16-13-6-4-5-10(13)8-15/h7,10,13H,3-6,8H2,1-2H3,(H,16,19). The van der Waals surface area contributed by atoms with Crippen LogP contribution in [0.3, 0.4) is 0 Å². The first-order valence-corrected chi connectivity index (χ1v) is 7.97. The van der Waals surface area contributed by atoms with Gasteiger partial charge in [0.15, 0.2) is 0 Å². The number of aryl methyl sites for hydroxylation is 2. The molecule has 1 aromatic rings. The van der Waals surface area contributed by atoms with Crippen LogP contribution in [-0.4, -0.2) is 27.5 Å². The summed E-state index contributed by atoms with van der Waals surface area (Å²) in [5.74, 6) is 0.539. The van der Waals surface area contributed by atoms with Gasteiger partial charge in [-0.3, -0.25) is 4.79 Å². The van der Waals surface area contributed by atoms with Crippen LogP contribution >= 0.6 is 15.9 Å². The third kappa shape index (κ3) is 3.32. The van der Waals surface area contributed by atoms with Crippen molar-refractivity contribution in [3.05, 3.63) is 23.0 Å². The van der Waals surface area contributed by atoms with Gasteiger partial charge in [0.05, 0.1) is 17.0 Å². The zero-order valence-electron chi connectivity index (χ0n) is 11.4. The second-order valence-corrected chi connectivity index (χ2v) is 5.77. The average molecular weight is 326 g/mol. The summed E-state index contributed by atoms with van der Waals surface area (Å²) in [5, 5.41) is 12.2. The first-order valence-electron chi connectivity index (χ1n) is 6.85. The highest BCUT2D eigenvalue weighted by Crippen LogP contribution is 2.27.